The van der Waals surface area contributed by atoms with Gasteiger partial charge in [-0.1, -0.05) is 18.2 Å². The van der Waals surface area contributed by atoms with Gasteiger partial charge < -0.3 is 10.2 Å². The molecule has 1 N–H and O–H groups in total. The van der Waals surface area contributed by atoms with Gasteiger partial charge in [-0.15, -0.1) is 0 Å². The van der Waals surface area contributed by atoms with Crippen LogP contribution in [0.2, 0.25) is 0 Å². The molecule has 1 aromatic carbocycles. The Hall–Kier alpha value is -3.06. The monoisotopic (exact) mass is 392 g/mol. The first-order valence-electron chi connectivity index (χ1n) is 10.0. The summed E-state index contributed by atoms with van der Waals surface area (Å²) in [6, 6.07) is 12.4. The molecule has 0 radical (unpaired) electrons. The van der Waals surface area contributed by atoms with E-state index >= 15 is 0 Å². The first kappa shape index (κ1) is 19.3. The van der Waals surface area contributed by atoms with E-state index in [1.54, 1.807) is 35.4 Å². The summed E-state index contributed by atoms with van der Waals surface area (Å²) < 4.78 is 0. The number of rotatable bonds is 5. The summed E-state index contributed by atoms with van der Waals surface area (Å²) in [4.78, 5) is 45.8. The zero-order chi connectivity index (χ0) is 20.2. The number of nitrogens with zero attached hydrogens (tertiary/aromatic N) is 3. The molecule has 7 heteroatoms. The van der Waals surface area contributed by atoms with Crippen molar-refractivity contribution in [2.45, 2.75) is 31.8 Å². The molecule has 1 aromatic heterocycles. The van der Waals surface area contributed by atoms with Gasteiger partial charge in [0.2, 0.25) is 5.91 Å². The highest BCUT2D eigenvalue weighted by Crippen LogP contribution is 2.23. The fraction of sp³-hybridized carbons (Fsp3) is 0.364. The molecule has 2 aliphatic rings. The third-order valence-corrected chi connectivity index (χ3v) is 5.54. The fourth-order valence-corrected chi connectivity index (χ4v) is 4.01. The third-order valence-electron chi connectivity index (χ3n) is 5.54. The second-order valence-electron chi connectivity index (χ2n) is 7.42. The quantitative estimate of drug-likeness (QED) is 0.786. The van der Waals surface area contributed by atoms with Gasteiger partial charge in [-0.05, 0) is 56.6 Å². The largest absolute Gasteiger partial charge is 0.332 e. The van der Waals surface area contributed by atoms with E-state index in [0.29, 0.717) is 17.7 Å². The van der Waals surface area contributed by atoms with E-state index in [1.165, 1.54) is 0 Å². The molecule has 0 spiro atoms. The molecule has 29 heavy (non-hydrogen) atoms. The van der Waals surface area contributed by atoms with Crippen LogP contribution in [0.1, 0.15) is 45.7 Å². The van der Waals surface area contributed by atoms with Gasteiger partial charge in [-0.25, -0.2) is 0 Å². The van der Waals surface area contributed by atoms with Crippen LogP contribution >= 0.6 is 0 Å². The van der Waals surface area contributed by atoms with Crippen LogP contribution in [0.5, 0.6) is 0 Å². The molecule has 0 aliphatic carbocycles. The molecule has 3 amide bonds. The zero-order valence-electron chi connectivity index (χ0n) is 16.2. The topological polar surface area (TPSA) is 82.6 Å². The molecule has 0 saturated carbocycles. The smallest absolute Gasteiger partial charge is 0.262 e. The van der Waals surface area contributed by atoms with Gasteiger partial charge in [0.25, 0.3) is 11.8 Å². The summed E-state index contributed by atoms with van der Waals surface area (Å²) in [6.07, 6.45) is 4.40. The van der Waals surface area contributed by atoms with Crippen LogP contribution in [0, 0.1) is 0 Å². The second kappa shape index (κ2) is 8.53. The summed E-state index contributed by atoms with van der Waals surface area (Å²) in [5.41, 5.74) is 1.51. The van der Waals surface area contributed by atoms with E-state index in [0.717, 1.165) is 42.9 Å². The summed E-state index contributed by atoms with van der Waals surface area (Å²) in [6.45, 7) is 1.89. The van der Waals surface area contributed by atoms with Crippen molar-refractivity contribution in [3.8, 4) is 0 Å². The number of fused-ring (bicyclic) bond motifs is 1. The van der Waals surface area contributed by atoms with Crippen molar-refractivity contribution >= 4 is 17.7 Å². The molecule has 4 rings (SSSR count). The Morgan fingerprint density at radius 3 is 2.45 bits per heavy atom. The number of benzene rings is 1. The molecule has 1 unspecified atom stereocenters. The van der Waals surface area contributed by atoms with E-state index in [-0.39, 0.29) is 18.5 Å². The van der Waals surface area contributed by atoms with Gasteiger partial charge in [0, 0.05) is 12.2 Å². The van der Waals surface area contributed by atoms with Gasteiger partial charge in [0.15, 0.2) is 0 Å². The SMILES string of the molecule is O=C1c2ccccc2C(=O)N1CC(=O)N(Cc1ccccn1)C1CCCNCC1. The summed E-state index contributed by atoms with van der Waals surface area (Å²) in [5.74, 6) is -1.03. The lowest BCUT2D eigenvalue weighted by molar-refractivity contribution is -0.134. The van der Waals surface area contributed by atoms with Gasteiger partial charge in [-0.3, -0.25) is 24.3 Å². The lowest BCUT2D eigenvalue weighted by Crippen LogP contribution is -2.47. The van der Waals surface area contributed by atoms with Crippen LogP contribution in [-0.4, -0.2) is 58.2 Å². The molecular formula is C22H24N4O3. The number of carbonyl (C=O) groups is 3. The molecule has 3 heterocycles. The highest BCUT2D eigenvalue weighted by atomic mass is 16.2. The van der Waals surface area contributed by atoms with Gasteiger partial charge in [0.05, 0.1) is 23.4 Å². The average Bonchev–Trinajstić information content (AvgIpc) is 2.93. The molecular weight excluding hydrogens is 368 g/mol. The number of imide groups is 1. The van der Waals surface area contributed by atoms with Crippen molar-refractivity contribution in [2.24, 2.45) is 0 Å². The first-order valence-corrected chi connectivity index (χ1v) is 10.0. The number of hydrogen-bond acceptors (Lipinski definition) is 5. The number of amides is 3. The van der Waals surface area contributed by atoms with Crippen LogP contribution in [0.4, 0.5) is 0 Å². The molecule has 2 aliphatic heterocycles. The number of hydrogen-bond donors (Lipinski definition) is 1. The van der Waals surface area contributed by atoms with Crippen molar-refractivity contribution in [2.75, 3.05) is 19.6 Å². The lowest BCUT2D eigenvalue weighted by Gasteiger charge is -2.32. The predicted octanol–water partition coefficient (Wildman–Crippen LogP) is 1.85. The van der Waals surface area contributed by atoms with Crippen LogP contribution in [0.25, 0.3) is 0 Å². The van der Waals surface area contributed by atoms with Crippen LogP contribution in [0.3, 0.4) is 0 Å². The highest BCUT2D eigenvalue weighted by molar-refractivity contribution is 6.22. The molecule has 7 nitrogen and oxygen atoms in total. The Labute approximate surface area is 169 Å². The predicted molar refractivity (Wildman–Crippen MR) is 107 cm³/mol. The van der Waals surface area contributed by atoms with E-state index in [2.05, 4.69) is 10.3 Å². The third kappa shape index (κ3) is 4.05. The van der Waals surface area contributed by atoms with E-state index in [4.69, 9.17) is 0 Å². The van der Waals surface area contributed by atoms with Gasteiger partial charge in [0.1, 0.15) is 6.54 Å². The Bertz CT molecular complexity index is 872. The highest BCUT2D eigenvalue weighted by Gasteiger charge is 2.38. The fourth-order valence-electron chi connectivity index (χ4n) is 4.01. The van der Waals surface area contributed by atoms with Crippen LogP contribution < -0.4 is 5.32 Å². The van der Waals surface area contributed by atoms with Crippen molar-refractivity contribution in [3.05, 3.63) is 65.5 Å². The van der Waals surface area contributed by atoms with Crippen molar-refractivity contribution in [3.63, 3.8) is 0 Å². The molecule has 150 valence electrons. The normalized spacial score (nSPS) is 19.0. The Kier molecular flexibility index (Phi) is 5.67. The molecule has 2 aromatic rings. The maximum absolute atomic E-state index is 13.3. The summed E-state index contributed by atoms with van der Waals surface area (Å²) >= 11 is 0. The minimum Gasteiger partial charge on any atom is -0.332 e. The Morgan fingerprint density at radius 2 is 1.76 bits per heavy atom. The second-order valence-corrected chi connectivity index (χ2v) is 7.42. The maximum atomic E-state index is 13.3. The molecule has 1 fully saturated rings. The number of nitrogens with one attached hydrogen (secondary N) is 1. The molecule has 0 bridgehead atoms. The first-order chi connectivity index (χ1) is 14.1. The van der Waals surface area contributed by atoms with E-state index in [9.17, 15) is 14.4 Å². The van der Waals surface area contributed by atoms with Crippen LogP contribution in [0.15, 0.2) is 48.7 Å². The molecule has 1 atom stereocenters. The summed E-state index contributed by atoms with van der Waals surface area (Å²) in [7, 11) is 0. The van der Waals surface area contributed by atoms with Crippen LogP contribution in [-0.2, 0) is 11.3 Å². The zero-order valence-corrected chi connectivity index (χ0v) is 16.2. The van der Waals surface area contributed by atoms with Crippen molar-refractivity contribution < 1.29 is 14.4 Å². The number of pyridine rings is 1. The standard InChI is InChI=1S/C22H24N4O3/c27-20(15-26-21(28)18-8-1-2-9-19(18)22(26)29)25(14-16-6-3-4-12-24-16)17-7-5-11-23-13-10-17/h1-4,6,8-9,12,17,23H,5,7,10-11,13-15H2. The Balaban J connectivity index is 1.55. The number of aromatic nitrogens is 1. The number of carbonyl (C=O) groups excluding carboxylic acids is 3. The van der Waals surface area contributed by atoms with Gasteiger partial charge in [-0.2, -0.15) is 0 Å². The minimum atomic E-state index is -0.403. The van der Waals surface area contributed by atoms with Crippen molar-refractivity contribution in [1.82, 2.24) is 20.1 Å². The van der Waals surface area contributed by atoms with Gasteiger partial charge >= 0.3 is 0 Å². The van der Waals surface area contributed by atoms with E-state index < -0.39 is 11.8 Å². The van der Waals surface area contributed by atoms with E-state index in [1.807, 2.05) is 18.2 Å². The lowest BCUT2D eigenvalue weighted by atomic mass is 10.1. The molecule has 1 saturated heterocycles. The summed E-state index contributed by atoms with van der Waals surface area (Å²) in [5, 5.41) is 3.36. The Morgan fingerprint density at radius 1 is 1.03 bits per heavy atom. The maximum Gasteiger partial charge on any atom is 0.262 e. The minimum absolute atomic E-state index is 0.0506. The van der Waals surface area contributed by atoms with Crippen molar-refractivity contribution in [1.29, 1.82) is 0 Å². The average molecular weight is 392 g/mol.